The van der Waals surface area contributed by atoms with Gasteiger partial charge in [-0.3, -0.25) is 9.78 Å². The van der Waals surface area contributed by atoms with E-state index in [4.69, 9.17) is 9.84 Å². The number of hydrogen-bond acceptors (Lipinski definition) is 3. The second-order valence-electron chi connectivity index (χ2n) is 5.17. The van der Waals surface area contributed by atoms with Gasteiger partial charge >= 0.3 is 5.97 Å². The van der Waals surface area contributed by atoms with Crippen LogP contribution in [0.5, 0.6) is 5.75 Å². The molecule has 1 heterocycles. The zero-order valence-corrected chi connectivity index (χ0v) is 11.3. The Bertz CT molecular complexity index is 620. The first kappa shape index (κ1) is 13.3. The zero-order chi connectivity index (χ0) is 14.0. The van der Waals surface area contributed by atoms with Crippen LogP contribution >= 0.6 is 0 Å². The number of aliphatic carboxylic acids is 1. The topological polar surface area (TPSA) is 59.4 Å². The molecule has 19 heavy (non-hydrogen) atoms. The minimum atomic E-state index is -0.808. The number of carboxylic acids is 1. The van der Waals surface area contributed by atoms with E-state index in [0.717, 1.165) is 16.5 Å². The number of aromatic nitrogens is 1. The Kier molecular flexibility index (Phi) is 3.42. The van der Waals surface area contributed by atoms with Crippen LogP contribution in [0.15, 0.2) is 30.5 Å². The predicted molar refractivity (Wildman–Crippen MR) is 73.6 cm³/mol. The molecule has 0 spiro atoms. The smallest absolute Gasteiger partial charge is 0.304 e. The summed E-state index contributed by atoms with van der Waals surface area (Å²) in [5.74, 6) is -0.108. The lowest BCUT2D eigenvalue weighted by Crippen LogP contribution is -2.22. The average Bonchev–Trinajstić information content (AvgIpc) is 2.35. The zero-order valence-electron chi connectivity index (χ0n) is 11.3. The molecular weight excluding hydrogens is 242 g/mol. The highest BCUT2D eigenvalue weighted by Gasteiger charge is 2.26. The summed E-state index contributed by atoms with van der Waals surface area (Å²) in [4.78, 5) is 15.3. The number of hydrogen-bond donors (Lipinski definition) is 1. The largest absolute Gasteiger partial charge is 0.494 e. The van der Waals surface area contributed by atoms with Crippen molar-refractivity contribution in [3.63, 3.8) is 0 Å². The molecule has 0 bridgehead atoms. The van der Waals surface area contributed by atoms with Gasteiger partial charge in [0.05, 0.1) is 13.5 Å². The summed E-state index contributed by atoms with van der Waals surface area (Å²) in [6.45, 7) is 3.85. The van der Waals surface area contributed by atoms with E-state index < -0.39 is 11.4 Å². The molecule has 0 radical (unpaired) electrons. The molecule has 0 unspecified atom stereocenters. The summed E-state index contributed by atoms with van der Waals surface area (Å²) < 4.78 is 5.30. The van der Waals surface area contributed by atoms with Gasteiger partial charge in [-0.05, 0) is 17.7 Å². The van der Waals surface area contributed by atoms with Crippen LogP contribution in [0.4, 0.5) is 0 Å². The van der Waals surface area contributed by atoms with Crippen LogP contribution in [0.2, 0.25) is 0 Å². The molecule has 100 valence electrons. The van der Waals surface area contributed by atoms with Crippen LogP contribution in [0, 0.1) is 0 Å². The van der Waals surface area contributed by atoms with Gasteiger partial charge in [-0.1, -0.05) is 26.0 Å². The van der Waals surface area contributed by atoms with Crippen molar-refractivity contribution in [2.75, 3.05) is 7.11 Å². The molecule has 0 aliphatic heterocycles. The SMILES string of the molecule is COc1ccc(C(C)(C)CC(=O)O)c2cccnc12. The first-order valence-corrected chi connectivity index (χ1v) is 6.10. The lowest BCUT2D eigenvalue weighted by Gasteiger charge is -2.25. The van der Waals surface area contributed by atoms with E-state index >= 15 is 0 Å². The molecule has 1 aromatic heterocycles. The third kappa shape index (κ3) is 2.52. The summed E-state index contributed by atoms with van der Waals surface area (Å²) in [6, 6.07) is 7.56. The van der Waals surface area contributed by atoms with Crippen molar-refractivity contribution in [3.05, 3.63) is 36.0 Å². The van der Waals surface area contributed by atoms with Crippen molar-refractivity contribution in [1.29, 1.82) is 0 Å². The van der Waals surface area contributed by atoms with Gasteiger partial charge in [-0.2, -0.15) is 0 Å². The van der Waals surface area contributed by atoms with Gasteiger partial charge in [0, 0.05) is 17.0 Å². The van der Waals surface area contributed by atoms with E-state index in [1.807, 2.05) is 38.1 Å². The Morgan fingerprint density at radius 2 is 2.11 bits per heavy atom. The fraction of sp³-hybridized carbons (Fsp3) is 0.333. The van der Waals surface area contributed by atoms with Crippen LogP contribution in [0.3, 0.4) is 0 Å². The maximum atomic E-state index is 11.0. The third-order valence-corrected chi connectivity index (χ3v) is 3.27. The van der Waals surface area contributed by atoms with Crippen molar-refractivity contribution < 1.29 is 14.6 Å². The lowest BCUT2D eigenvalue weighted by atomic mass is 9.79. The molecule has 0 atom stereocenters. The highest BCUT2D eigenvalue weighted by molar-refractivity contribution is 5.88. The second kappa shape index (κ2) is 4.88. The molecule has 4 heteroatoms. The highest BCUT2D eigenvalue weighted by Crippen LogP contribution is 2.35. The van der Waals surface area contributed by atoms with Gasteiger partial charge in [0.1, 0.15) is 11.3 Å². The number of carboxylic acid groups (broad SMARTS) is 1. The number of ether oxygens (including phenoxy) is 1. The summed E-state index contributed by atoms with van der Waals surface area (Å²) in [7, 11) is 1.60. The number of methoxy groups -OCH3 is 1. The summed E-state index contributed by atoms with van der Waals surface area (Å²) in [5.41, 5.74) is 1.28. The Labute approximate surface area is 112 Å². The Morgan fingerprint density at radius 3 is 2.74 bits per heavy atom. The number of carbonyl (C=O) groups is 1. The van der Waals surface area contributed by atoms with Crippen molar-refractivity contribution in [1.82, 2.24) is 4.98 Å². The first-order valence-electron chi connectivity index (χ1n) is 6.10. The van der Waals surface area contributed by atoms with E-state index in [1.54, 1.807) is 13.3 Å². The van der Waals surface area contributed by atoms with Crippen molar-refractivity contribution >= 4 is 16.9 Å². The first-order chi connectivity index (χ1) is 8.95. The number of nitrogens with zero attached hydrogens (tertiary/aromatic N) is 1. The van der Waals surface area contributed by atoms with E-state index in [1.165, 1.54) is 0 Å². The third-order valence-electron chi connectivity index (χ3n) is 3.27. The summed E-state index contributed by atoms with van der Waals surface area (Å²) >= 11 is 0. The number of rotatable bonds is 4. The van der Waals surface area contributed by atoms with Gasteiger partial charge in [-0.25, -0.2) is 0 Å². The van der Waals surface area contributed by atoms with Gasteiger partial charge < -0.3 is 9.84 Å². The van der Waals surface area contributed by atoms with Gasteiger partial charge in [0.25, 0.3) is 0 Å². The Hall–Kier alpha value is -2.10. The van der Waals surface area contributed by atoms with Gasteiger partial charge in [-0.15, -0.1) is 0 Å². The fourth-order valence-electron chi connectivity index (χ4n) is 2.37. The molecule has 0 aliphatic carbocycles. The number of benzene rings is 1. The van der Waals surface area contributed by atoms with Gasteiger partial charge in [0.2, 0.25) is 0 Å². The maximum Gasteiger partial charge on any atom is 0.304 e. The van der Waals surface area contributed by atoms with Crippen LogP contribution < -0.4 is 4.74 Å². The molecule has 0 saturated carbocycles. The average molecular weight is 259 g/mol. The Balaban J connectivity index is 2.65. The quantitative estimate of drug-likeness (QED) is 0.917. The molecule has 1 aromatic carbocycles. The van der Waals surface area contributed by atoms with E-state index in [2.05, 4.69) is 4.98 Å². The molecule has 0 amide bonds. The standard InChI is InChI=1S/C15H17NO3/c1-15(2,9-13(17)18)11-6-7-12(19-3)14-10(11)5-4-8-16-14/h4-8H,9H2,1-3H3,(H,17,18). The van der Waals surface area contributed by atoms with Gasteiger partial charge in [0.15, 0.2) is 0 Å². The maximum absolute atomic E-state index is 11.0. The fourth-order valence-corrected chi connectivity index (χ4v) is 2.37. The van der Waals surface area contributed by atoms with E-state index in [9.17, 15) is 4.79 Å². The minimum absolute atomic E-state index is 0.0727. The van der Waals surface area contributed by atoms with Crippen molar-refractivity contribution in [2.45, 2.75) is 25.7 Å². The molecule has 0 saturated heterocycles. The molecule has 0 fully saturated rings. The highest BCUT2D eigenvalue weighted by atomic mass is 16.5. The molecule has 2 rings (SSSR count). The van der Waals surface area contributed by atoms with E-state index in [0.29, 0.717) is 5.75 Å². The molecule has 4 nitrogen and oxygen atoms in total. The van der Waals surface area contributed by atoms with Crippen LogP contribution in [-0.2, 0) is 10.2 Å². The van der Waals surface area contributed by atoms with Crippen LogP contribution in [-0.4, -0.2) is 23.2 Å². The monoisotopic (exact) mass is 259 g/mol. The summed E-state index contributed by atoms with van der Waals surface area (Å²) in [6.07, 6.45) is 1.78. The molecule has 2 aromatic rings. The molecular formula is C15H17NO3. The predicted octanol–water partition coefficient (Wildman–Crippen LogP) is 3.00. The minimum Gasteiger partial charge on any atom is -0.494 e. The van der Waals surface area contributed by atoms with Crippen molar-refractivity contribution in [3.8, 4) is 5.75 Å². The lowest BCUT2D eigenvalue weighted by molar-refractivity contribution is -0.138. The second-order valence-corrected chi connectivity index (χ2v) is 5.17. The number of fused-ring (bicyclic) bond motifs is 1. The Morgan fingerprint density at radius 1 is 1.37 bits per heavy atom. The molecule has 0 aliphatic rings. The normalized spacial score (nSPS) is 11.5. The summed E-state index contributed by atoms with van der Waals surface area (Å²) in [5, 5.41) is 9.98. The number of pyridine rings is 1. The van der Waals surface area contributed by atoms with E-state index in [-0.39, 0.29) is 6.42 Å². The van der Waals surface area contributed by atoms with Crippen LogP contribution in [0.1, 0.15) is 25.8 Å². The molecule has 1 N–H and O–H groups in total. The van der Waals surface area contributed by atoms with Crippen molar-refractivity contribution in [2.24, 2.45) is 0 Å². The van der Waals surface area contributed by atoms with Crippen LogP contribution in [0.25, 0.3) is 10.9 Å².